The van der Waals surface area contributed by atoms with Crippen molar-refractivity contribution in [1.82, 2.24) is 14.7 Å². The molecule has 5 aliphatic rings. The number of nitro groups is 1. The van der Waals surface area contributed by atoms with E-state index < -0.39 is 38.6 Å². The van der Waals surface area contributed by atoms with E-state index in [0.29, 0.717) is 28.0 Å². The highest BCUT2D eigenvalue weighted by Gasteiger charge is 2.71. The van der Waals surface area contributed by atoms with E-state index >= 15 is 0 Å². The molecule has 1 aromatic heterocycles. The number of amides is 1. The molecule has 0 spiro atoms. The Morgan fingerprint density at radius 3 is 2.58 bits per heavy atom. The summed E-state index contributed by atoms with van der Waals surface area (Å²) >= 11 is 4.85. The lowest BCUT2D eigenvalue weighted by Gasteiger charge is -2.56. The van der Waals surface area contributed by atoms with Crippen molar-refractivity contribution in [1.29, 1.82) is 0 Å². The third kappa shape index (κ3) is 3.62. The molecular formula is C27H27BrN4O7S. The van der Waals surface area contributed by atoms with Crippen molar-refractivity contribution >= 4 is 51.2 Å². The predicted octanol–water partition coefficient (Wildman–Crippen LogP) is 4.21. The highest BCUT2D eigenvalue weighted by atomic mass is 79.9. The zero-order chi connectivity index (χ0) is 28.9. The third-order valence-electron chi connectivity index (χ3n) is 9.00. The minimum Gasteiger partial charge on any atom is -0.477 e. The van der Waals surface area contributed by atoms with Crippen molar-refractivity contribution in [2.75, 3.05) is 0 Å². The molecule has 11 nitrogen and oxygen atoms in total. The molecule has 3 heterocycles. The second kappa shape index (κ2) is 8.90. The largest absolute Gasteiger partial charge is 0.477 e. The number of aromatic nitrogens is 2. The van der Waals surface area contributed by atoms with Crippen molar-refractivity contribution in [2.24, 2.45) is 18.4 Å². The number of nitro benzene ring substituents is 1. The van der Waals surface area contributed by atoms with Crippen LogP contribution in [0.25, 0.3) is 0 Å². The summed E-state index contributed by atoms with van der Waals surface area (Å²) in [5.41, 5.74) is 3.22. The molecule has 40 heavy (non-hydrogen) atoms. The Bertz CT molecular complexity index is 1530. The highest BCUT2D eigenvalue weighted by Crippen LogP contribution is 2.65. The van der Waals surface area contributed by atoms with Gasteiger partial charge in [-0.3, -0.25) is 29.3 Å². The van der Waals surface area contributed by atoms with Crippen LogP contribution < -0.4 is 0 Å². The van der Waals surface area contributed by atoms with Gasteiger partial charge in [-0.05, 0) is 29.7 Å². The number of thioether (sulfide) groups is 1. The maximum absolute atomic E-state index is 13.8. The summed E-state index contributed by atoms with van der Waals surface area (Å²) in [5, 5.41) is 25.2. The number of carboxylic acid groups (broad SMARTS) is 1. The van der Waals surface area contributed by atoms with Crippen LogP contribution >= 0.6 is 27.7 Å². The number of ether oxygens (including phenoxy) is 1. The number of alkyl halides is 1. The number of rotatable bonds is 7. The number of carbonyl (C=O) groups is 3. The summed E-state index contributed by atoms with van der Waals surface area (Å²) in [7, 11) is 1.87. The third-order valence-corrected chi connectivity index (χ3v) is 11.9. The van der Waals surface area contributed by atoms with Crippen LogP contribution in [0.1, 0.15) is 61.7 Å². The van der Waals surface area contributed by atoms with Crippen molar-refractivity contribution in [2.45, 2.75) is 61.8 Å². The number of β-lactam (4-membered cyclic amide) rings is 1. The van der Waals surface area contributed by atoms with Gasteiger partial charge in [-0.1, -0.05) is 41.9 Å². The lowest BCUT2D eigenvalue weighted by molar-refractivity contribution is -0.384. The fourth-order valence-electron chi connectivity index (χ4n) is 6.75. The van der Waals surface area contributed by atoms with Gasteiger partial charge < -0.3 is 9.84 Å². The monoisotopic (exact) mass is 630 g/mol. The van der Waals surface area contributed by atoms with Crippen LogP contribution in [-0.4, -0.2) is 52.3 Å². The molecule has 2 aliphatic heterocycles. The molecule has 13 heteroatoms. The number of benzene rings is 1. The zero-order valence-corrected chi connectivity index (χ0v) is 24.6. The van der Waals surface area contributed by atoms with Gasteiger partial charge in [-0.2, -0.15) is 5.10 Å². The number of esters is 1. The molecule has 2 bridgehead atoms. The van der Waals surface area contributed by atoms with Crippen molar-refractivity contribution in [3.8, 4) is 0 Å². The molecule has 1 saturated heterocycles. The Labute approximate surface area is 242 Å². The van der Waals surface area contributed by atoms with Crippen LogP contribution in [0.5, 0.6) is 0 Å². The maximum Gasteiger partial charge on any atom is 0.353 e. The quantitative estimate of drug-likeness (QED) is 0.156. The number of hydrogen-bond acceptors (Lipinski definition) is 8. The van der Waals surface area contributed by atoms with E-state index in [4.69, 9.17) is 9.84 Å². The van der Waals surface area contributed by atoms with E-state index in [0.717, 1.165) is 24.1 Å². The van der Waals surface area contributed by atoms with Gasteiger partial charge in [0.15, 0.2) is 10.4 Å². The van der Waals surface area contributed by atoms with Crippen LogP contribution in [0.2, 0.25) is 0 Å². The first-order valence-electron chi connectivity index (χ1n) is 12.9. The predicted molar refractivity (Wildman–Crippen MR) is 147 cm³/mol. The molecule has 1 N–H and O–H groups in total. The first kappa shape index (κ1) is 27.0. The van der Waals surface area contributed by atoms with E-state index in [-0.39, 0.29) is 23.2 Å². The van der Waals surface area contributed by atoms with Crippen LogP contribution in [0.15, 0.2) is 34.9 Å². The lowest BCUT2D eigenvalue weighted by atomic mass is 9.48. The van der Waals surface area contributed by atoms with Gasteiger partial charge in [0.1, 0.15) is 16.8 Å². The number of non-ortho nitro benzene ring substituents is 1. The minimum atomic E-state index is -1.43. The normalized spacial score (nSPS) is 28.3. The molecule has 1 saturated carbocycles. The zero-order valence-electron chi connectivity index (χ0n) is 22.2. The van der Waals surface area contributed by atoms with E-state index in [1.165, 1.54) is 35.7 Å². The summed E-state index contributed by atoms with van der Waals surface area (Å²) in [5.74, 6) is -1.57. The summed E-state index contributed by atoms with van der Waals surface area (Å²) in [6.45, 7) is 5.79. The molecule has 210 valence electrons. The number of carbonyl (C=O) groups excluding carboxylic acids is 2. The van der Waals surface area contributed by atoms with Crippen molar-refractivity contribution in [3.63, 3.8) is 0 Å². The molecule has 3 aliphatic carbocycles. The van der Waals surface area contributed by atoms with Gasteiger partial charge in [-0.15, -0.1) is 11.8 Å². The Balaban J connectivity index is 1.36. The van der Waals surface area contributed by atoms with E-state index in [2.05, 4.69) is 29.8 Å². The summed E-state index contributed by atoms with van der Waals surface area (Å²) in [6, 6.07) is 5.85. The number of nitrogens with zero attached hydrogens (tertiary/aromatic N) is 4. The second-order valence-corrected chi connectivity index (χ2v) is 14.0. The number of hydrogen-bond donors (Lipinski definition) is 1. The average molecular weight is 632 g/mol. The molecular weight excluding hydrogens is 604 g/mol. The number of carboxylic acids is 1. The van der Waals surface area contributed by atoms with E-state index in [9.17, 15) is 29.6 Å². The van der Waals surface area contributed by atoms with E-state index in [1.54, 1.807) is 12.1 Å². The molecule has 4 unspecified atom stereocenters. The van der Waals surface area contributed by atoms with Crippen LogP contribution in [-0.2, 0) is 39.0 Å². The minimum absolute atomic E-state index is 0.0716. The van der Waals surface area contributed by atoms with Gasteiger partial charge in [0, 0.05) is 54.6 Å². The summed E-state index contributed by atoms with van der Waals surface area (Å²) in [4.78, 5) is 50.7. The Kier molecular flexibility index (Phi) is 6.01. The number of allylic oxidation sites excluding steroid dienone is 1. The molecule has 1 aromatic carbocycles. The molecule has 5 atom stereocenters. The van der Waals surface area contributed by atoms with Gasteiger partial charge in [0.25, 0.3) is 11.6 Å². The molecule has 2 aromatic rings. The van der Waals surface area contributed by atoms with Crippen molar-refractivity contribution < 1.29 is 29.2 Å². The summed E-state index contributed by atoms with van der Waals surface area (Å²) < 4.78 is 6.24. The number of aliphatic carboxylic acids is 1. The SMILES string of the molecule is CC(=O)OC(c1nn(C)c2c1CC1CC2C1(C)C)C1(Br)C(=O)N2C(C(=O)O)=C(Cc3ccc([N+](=O)[O-])cc3)S[C@@H]21. The number of aryl methyl sites for hydroxylation is 1. The molecule has 1 amide bonds. The van der Waals surface area contributed by atoms with Gasteiger partial charge in [0.05, 0.1) is 4.92 Å². The number of halogens is 1. The van der Waals surface area contributed by atoms with Crippen LogP contribution in [0.4, 0.5) is 5.69 Å². The molecule has 2 fully saturated rings. The van der Waals surface area contributed by atoms with E-state index in [1.807, 2.05) is 11.7 Å². The van der Waals surface area contributed by atoms with Crippen molar-refractivity contribution in [3.05, 3.63) is 67.5 Å². The Hall–Kier alpha value is -3.19. The van der Waals surface area contributed by atoms with Gasteiger partial charge in [0.2, 0.25) is 0 Å². The summed E-state index contributed by atoms with van der Waals surface area (Å²) in [6.07, 6.45) is 0.946. The first-order valence-corrected chi connectivity index (χ1v) is 14.6. The number of fused-ring (bicyclic) bond motifs is 1. The average Bonchev–Trinajstić information content (AvgIpc) is 3.43. The highest BCUT2D eigenvalue weighted by molar-refractivity contribution is 9.10. The maximum atomic E-state index is 13.8. The molecule has 7 rings (SSSR count). The second-order valence-electron chi connectivity index (χ2n) is 11.5. The van der Waals surface area contributed by atoms with Crippen LogP contribution in [0.3, 0.4) is 0 Å². The fraction of sp³-hybridized carbons (Fsp3) is 0.481. The standard InChI is InChI=1S/C27H27BrN4O7S/c1-12(33)39-22(19-16-10-14-11-17(26(14,2)3)20(16)30(4)29-19)27(28)24(36)31-21(23(34)35)18(40-25(27)31)9-13-5-7-15(8-6-13)32(37)38/h5-8,14,17,22,25H,9-11H2,1-4H3,(H,34,35)/t14?,17?,22?,25-,27?/m1/s1. The van der Waals surface area contributed by atoms with Gasteiger partial charge in [-0.25, -0.2) is 4.79 Å². The topological polar surface area (TPSA) is 145 Å². The van der Waals surface area contributed by atoms with Crippen LogP contribution in [0, 0.1) is 21.4 Å². The fourth-order valence-corrected chi connectivity index (χ4v) is 9.25. The first-order chi connectivity index (χ1) is 18.8. The Morgan fingerprint density at radius 1 is 1.32 bits per heavy atom. The lowest BCUT2D eigenvalue weighted by Crippen LogP contribution is -2.70. The Morgan fingerprint density at radius 2 is 2.00 bits per heavy atom. The van der Waals surface area contributed by atoms with Gasteiger partial charge >= 0.3 is 11.9 Å². The molecule has 0 radical (unpaired) electrons. The smallest absolute Gasteiger partial charge is 0.353 e.